The highest BCUT2D eigenvalue weighted by atomic mass is 16.2. The van der Waals surface area contributed by atoms with Gasteiger partial charge in [-0.05, 0) is 43.7 Å². The first-order valence-electron chi connectivity index (χ1n) is 9.01. The van der Waals surface area contributed by atoms with E-state index in [2.05, 4.69) is 20.7 Å². The summed E-state index contributed by atoms with van der Waals surface area (Å²) >= 11 is 0. The van der Waals surface area contributed by atoms with Crippen molar-refractivity contribution in [3.63, 3.8) is 0 Å². The van der Waals surface area contributed by atoms with Crippen molar-refractivity contribution in [3.05, 3.63) is 48.3 Å². The van der Waals surface area contributed by atoms with Gasteiger partial charge in [0, 0.05) is 55.9 Å². The third kappa shape index (κ3) is 3.07. The van der Waals surface area contributed by atoms with Crippen LogP contribution in [-0.4, -0.2) is 38.4 Å². The summed E-state index contributed by atoms with van der Waals surface area (Å²) in [5.41, 5.74) is 0.725. The lowest BCUT2D eigenvalue weighted by atomic mass is 9.85. The molecule has 2 aromatic heterocycles. The number of amides is 1. The molecule has 5 heteroatoms. The molecule has 2 aromatic rings. The summed E-state index contributed by atoms with van der Waals surface area (Å²) in [5, 5.41) is 0. The third-order valence-electron chi connectivity index (χ3n) is 5.43. The predicted octanol–water partition coefficient (Wildman–Crippen LogP) is 3.10. The lowest BCUT2D eigenvalue weighted by molar-refractivity contribution is 0.0702. The highest BCUT2D eigenvalue weighted by molar-refractivity contribution is 5.94. The molecule has 0 N–H and O–H groups in total. The number of nitrogens with zero attached hydrogens (tertiary/aromatic N) is 4. The van der Waals surface area contributed by atoms with Crippen LogP contribution in [0.2, 0.25) is 0 Å². The molecule has 3 heterocycles. The molecule has 1 amide bonds. The first-order valence-corrected chi connectivity index (χ1v) is 9.01. The van der Waals surface area contributed by atoms with Gasteiger partial charge in [-0.25, -0.2) is 4.98 Å². The maximum absolute atomic E-state index is 12.7. The quantitative estimate of drug-likeness (QED) is 0.868. The summed E-state index contributed by atoms with van der Waals surface area (Å²) in [6, 6.07) is 3.59. The monoisotopic (exact) mass is 324 g/mol. The minimum atomic E-state index is 0.110. The maximum Gasteiger partial charge on any atom is 0.253 e. The molecule has 0 spiro atoms. The molecule has 24 heavy (non-hydrogen) atoms. The highest BCUT2D eigenvalue weighted by Crippen LogP contribution is 2.31. The molecule has 4 rings (SSSR count). The maximum atomic E-state index is 12.7. The summed E-state index contributed by atoms with van der Waals surface area (Å²) in [5.74, 6) is 2.43. The topological polar surface area (TPSA) is 51.0 Å². The van der Waals surface area contributed by atoms with Crippen LogP contribution in [0.15, 0.2) is 36.9 Å². The molecule has 1 atom stereocenters. The van der Waals surface area contributed by atoms with Gasteiger partial charge in [0.1, 0.15) is 5.82 Å². The number of pyridine rings is 1. The van der Waals surface area contributed by atoms with Gasteiger partial charge in [-0.15, -0.1) is 0 Å². The van der Waals surface area contributed by atoms with Crippen LogP contribution in [0.5, 0.6) is 0 Å². The van der Waals surface area contributed by atoms with Crippen molar-refractivity contribution in [1.82, 2.24) is 19.4 Å². The Morgan fingerprint density at radius 3 is 2.71 bits per heavy atom. The van der Waals surface area contributed by atoms with Gasteiger partial charge in [0.2, 0.25) is 0 Å². The fraction of sp³-hybridized carbons (Fsp3) is 0.526. The summed E-state index contributed by atoms with van der Waals surface area (Å²) in [7, 11) is 0. The van der Waals surface area contributed by atoms with E-state index in [0.29, 0.717) is 5.92 Å². The van der Waals surface area contributed by atoms with Gasteiger partial charge in [-0.1, -0.05) is 6.42 Å². The minimum absolute atomic E-state index is 0.110. The van der Waals surface area contributed by atoms with Crippen LogP contribution in [0.25, 0.3) is 0 Å². The molecule has 0 unspecified atom stereocenters. The number of likely N-dealkylation sites (tertiary alicyclic amines) is 1. The van der Waals surface area contributed by atoms with Gasteiger partial charge in [0.25, 0.3) is 5.91 Å². The number of carbonyl (C=O) groups excluding carboxylic acids is 1. The first-order chi connectivity index (χ1) is 11.8. The SMILES string of the molecule is O=C(c1ccncc1)N1CCC[C@@H](c2nccn2CC2CCC2)C1. The standard InChI is InChI=1S/C19H24N4O/c24-19(16-6-8-20-9-7-16)23-11-2-5-17(14-23)18-21-10-12-22(18)13-15-3-1-4-15/h6-10,12,15,17H,1-5,11,13-14H2/t17-/m1/s1. The fourth-order valence-corrected chi connectivity index (χ4v) is 3.84. The van der Waals surface area contributed by atoms with Crippen molar-refractivity contribution < 1.29 is 4.79 Å². The van der Waals surface area contributed by atoms with E-state index in [1.165, 1.54) is 19.3 Å². The summed E-state index contributed by atoms with van der Waals surface area (Å²) in [4.78, 5) is 23.3. The van der Waals surface area contributed by atoms with E-state index in [1.807, 2.05) is 11.1 Å². The number of hydrogen-bond acceptors (Lipinski definition) is 3. The molecule has 5 nitrogen and oxygen atoms in total. The number of aromatic nitrogens is 3. The molecule has 2 fully saturated rings. The van der Waals surface area contributed by atoms with Crippen molar-refractivity contribution in [1.29, 1.82) is 0 Å². The number of imidazole rings is 1. The molecule has 0 radical (unpaired) electrons. The van der Waals surface area contributed by atoms with Crippen molar-refractivity contribution >= 4 is 5.91 Å². The Labute approximate surface area is 142 Å². The van der Waals surface area contributed by atoms with Crippen LogP contribution >= 0.6 is 0 Å². The van der Waals surface area contributed by atoms with Gasteiger partial charge in [-0.2, -0.15) is 0 Å². The van der Waals surface area contributed by atoms with Gasteiger partial charge in [-0.3, -0.25) is 9.78 Å². The van der Waals surface area contributed by atoms with E-state index in [-0.39, 0.29) is 5.91 Å². The van der Waals surface area contributed by atoms with E-state index in [0.717, 1.165) is 49.8 Å². The second-order valence-electron chi connectivity index (χ2n) is 7.06. The first kappa shape index (κ1) is 15.4. The zero-order valence-electron chi connectivity index (χ0n) is 14.0. The largest absolute Gasteiger partial charge is 0.338 e. The van der Waals surface area contributed by atoms with Crippen molar-refractivity contribution in [3.8, 4) is 0 Å². The molecule has 0 bridgehead atoms. The Morgan fingerprint density at radius 2 is 1.96 bits per heavy atom. The molecule has 1 aliphatic heterocycles. The van der Waals surface area contributed by atoms with Crippen LogP contribution in [0.4, 0.5) is 0 Å². The Balaban J connectivity index is 1.47. The minimum Gasteiger partial charge on any atom is -0.338 e. The molecule has 2 aliphatic rings. The van der Waals surface area contributed by atoms with Crippen molar-refractivity contribution in [2.75, 3.05) is 13.1 Å². The van der Waals surface area contributed by atoms with Gasteiger partial charge in [0.15, 0.2) is 0 Å². The summed E-state index contributed by atoms with van der Waals surface area (Å²) < 4.78 is 2.33. The Bertz CT molecular complexity index is 692. The van der Waals surface area contributed by atoms with Crippen LogP contribution in [0.3, 0.4) is 0 Å². The molecule has 0 aromatic carbocycles. The van der Waals surface area contributed by atoms with Crippen molar-refractivity contribution in [2.24, 2.45) is 5.92 Å². The molecular weight excluding hydrogens is 300 g/mol. The van der Waals surface area contributed by atoms with E-state index in [4.69, 9.17) is 0 Å². The van der Waals surface area contributed by atoms with Crippen molar-refractivity contribution in [2.45, 2.75) is 44.6 Å². The number of rotatable bonds is 4. The van der Waals surface area contributed by atoms with Crippen LogP contribution in [-0.2, 0) is 6.54 Å². The molecule has 126 valence electrons. The summed E-state index contributed by atoms with van der Waals surface area (Å²) in [6.45, 7) is 2.69. The number of carbonyl (C=O) groups is 1. The van der Waals surface area contributed by atoms with Crippen LogP contribution in [0.1, 0.15) is 54.2 Å². The Kier molecular flexibility index (Phi) is 4.32. The van der Waals surface area contributed by atoms with E-state index >= 15 is 0 Å². The van der Waals surface area contributed by atoms with Crippen LogP contribution < -0.4 is 0 Å². The second kappa shape index (κ2) is 6.75. The smallest absolute Gasteiger partial charge is 0.253 e. The van der Waals surface area contributed by atoms with Crippen LogP contribution in [0, 0.1) is 5.92 Å². The van der Waals surface area contributed by atoms with E-state index < -0.39 is 0 Å². The fourth-order valence-electron chi connectivity index (χ4n) is 3.84. The lowest BCUT2D eigenvalue weighted by Crippen LogP contribution is -2.40. The number of hydrogen-bond donors (Lipinski definition) is 0. The normalized spacial score (nSPS) is 21.5. The van der Waals surface area contributed by atoms with E-state index in [9.17, 15) is 4.79 Å². The lowest BCUT2D eigenvalue weighted by Gasteiger charge is -2.33. The van der Waals surface area contributed by atoms with Gasteiger partial charge >= 0.3 is 0 Å². The zero-order chi connectivity index (χ0) is 16.4. The third-order valence-corrected chi connectivity index (χ3v) is 5.43. The van der Waals surface area contributed by atoms with Gasteiger partial charge < -0.3 is 9.47 Å². The molecular formula is C19H24N4O. The molecule has 1 aliphatic carbocycles. The highest BCUT2D eigenvalue weighted by Gasteiger charge is 2.29. The van der Waals surface area contributed by atoms with Gasteiger partial charge in [0.05, 0.1) is 0 Å². The summed E-state index contributed by atoms with van der Waals surface area (Å²) in [6.07, 6.45) is 13.6. The average Bonchev–Trinajstić information content (AvgIpc) is 3.07. The molecule has 1 saturated heterocycles. The Hall–Kier alpha value is -2.17. The van der Waals surface area contributed by atoms with E-state index in [1.54, 1.807) is 24.5 Å². The zero-order valence-corrected chi connectivity index (χ0v) is 14.0. The number of piperidine rings is 1. The average molecular weight is 324 g/mol. The predicted molar refractivity (Wildman–Crippen MR) is 91.7 cm³/mol. The Morgan fingerprint density at radius 1 is 1.12 bits per heavy atom. The molecule has 1 saturated carbocycles. The second-order valence-corrected chi connectivity index (χ2v) is 7.06.